The minimum absolute atomic E-state index is 0.254. The third-order valence-corrected chi connectivity index (χ3v) is 6.13. The van der Waals surface area contributed by atoms with E-state index in [1.807, 2.05) is 24.3 Å². The molecule has 1 spiro atoms. The van der Waals surface area contributed by atoms with Crippen LogP contribution < -0.4 is 4.74 Å². The van der Waals surface area contributed by atoms with Crippen molar-refractivity contribution in [2.45, 2.75) is 50.2 Å². The van der Waals surface area contributed by atoms with Gasteiger partial charge in [0.2, 0.25) is 0 Å². The number of nitrogens with zero attached hydrogens (tertiary/aromatic N) is 2. The van der Waals surface area contributed by atoms with Gasteiger partial charge in [-0.3, -0.25) is 4.79 Å². The fourth-order valence-corrected chi connectivity index (χ4v) is 4.64. The van der Waals surface area contributed by atoms with Crippen molar-refractivity contribution in [3.05, 3.63) is 29.8 Å². The van der Waals surface area contributed by atoms with Gasteiger partial charge in [-0.2, -0.15) is 0 Å². The number of hydrogen-bond donors (Lipinski definition) is 0. The molecule has 4 heteroatoms. The number of para-hydroxylation sites is 1. The molecule has 24 heavy (non-hydrogen) atoms. The number of Topliss-reactive ketones (excluding diaryl/α,β-unsaturated/α-hetero) is 1. The Bertz CT molecular complexity index is 609. The average molecular weight is 328 g/mol. The minimum atomic E-state index is -0.272. The Morgan fingerprint density at radius 3 is 2.71 bits per heavy atom. The minimum Gasteiger partial charge on any atom is -0.486 e. The van der Waals surface area contributed by atoms with E-state index in [1.165, 1.54) is 25.9 Å². The Morgan fingerprint density at radius 2 is 1.88 bits per heavy atom. The average Bonchev–Trinajstić information content (AvgIpc) is 2.78. The fourth-order valence-electron chi connectivity index (χ4n) is 4.64. The van der Waals surface area contributed by atoms with Crippen molar-refractivity contribution in [2.24, 2.45) is 0 Å². The molecule has 0 radical (unpaired) electrons. The van der Waals surface area contributed by atoms with E-state index in [0.29, 0.717) is 12.5 Å². The summed E-state index contributed by atoms with van der Waals surface area (Å²) in [5.74, 6) is 1.05. The first-order chi connectivity index (χ1) is 11.7. The maximum atomic E-state index is 12.6. The summed E-state index contributed by atoms with van der Waals surface area (Å²) in [6.07, 6.45) is 6.18. The summed E-state index contributed by atoms with van der Waals surface area (Å²) < 4.78 is 6.41. The summed E-state index contributed by atoms with van der Waals surface area (Å²) >= 11 is 0. The van der Waals surface area contributed by atoms with Gasteiger partial charge in [0, 0.05) is 19.0 Å². The third-order valence-electron chi connectivity index (χ3n) is 6.13. The monoisotopic (exact) mass is 328 g/mol. The predicted octanol–water partition coefficient (Wildman–Crippen LogP) is 2.97. The molecule has 0 N–H and O–H groups in total. The molecule has 0 bridgehead atoms. The van der Waals surface area contributed by atoms with Gasteiger partial charge in [0.15, 0.2) is 5.78 Å². The fraction of sp³-hybridized carbons (Fsp3) is 0.650. The Balaban J connectivity index is 1.46. The highest BCUT2D eigenvalue weighted by Gasteiger charge is 2.42. The topological polar surface area (TPSA) is 32.8 Å². The van der Waals surface area contributed by atoms with Gasteiger partial charge in [0.25, 0.3) is 0 Å². The molecule has 3 aliphatic heterocycles. The zero-order valence-corrected chi connectivity index (χ0v) is 14.7. The van der Waals surface area contributed by atoms with Crippen LogP contribution in [0, 0.1) is 0 Å². The van der Waals surface area contributed by atoms with Gasteiger partial charge in [-0.15, -0.1) is 0 Å². The van der Waals surface area contributed by atoms with E-state index in [9.17, 15) is 4.79 Å². The first-order valence-electron chi connectivity index (χ1n) is 9.39. The summed E-state index contributed by atoms with van der Waals surface area (Å²) in [4.78, 5) is 17.7. The highest BCUT2D eigenvalue weighted by Crippen LogP contribution is 2.39. The number of ketones is 1. The molecular formula is C20H28N2O2. The van der Waals surface area contributed by atoms with Gasteiger partial charge in [0.1, 0.15) is 11.4 Å². The lowest BCUT2D eigenvalue weighted by Crippen LogP contribution is -2.46. The van der Waals surface area contributed by atoms with Crippen molar-refractivity contribution in [1.82, 2.24) is 9.80 Å². The number of ether oxygens (including phenoxy) is 1. The van der Waals surface area contributed by atoms with Crippen molar-refractivity contribution in [3.63, 3.8) is 0 Å². The molecule has 130 valence electrons. The normalized spacial score (nSPS) is 30.0. The molecule has 0 aliphatic carbocycles. The molecule has 0 saturated carbocycles. The largest absolute Gasteiger partial charge is 0.486 e. The molecule has 0 amide bonds. The van der Waals surface area contributed by atoms with Crippen molar-refractivity contribution >= 4 is 5.78 Å². The van der Waals surface area contributed by atoms with Crippen molar-refractivity contribution in [1.29, 1.82) is 0 Å². The maximum absolute atomic E-state index is 12.6. The number of piperidine rings is 1. The molecular weight excluding hydrogens is 300 g/mol. The Kier molecular flexibility index (Phi) is 4.35. The lowest BCUT2D eigenvalue weighted by atomic mass is 9.84. The van der Waals surface area contributed by atoms with Gasteiger partial charge < -0.3 is 14.5 Å². The zero-order valence-electron chi connectivity index (χ0n) is 14.7. The Morgan fingerprint density at radius 1 is 1.08 bits per heavy atom. The van der Waals surface area contributed by atoms with Crippen molar-refractivity contribution in [2.75, 3.05) is 33.2 Å². The summed E-state index contributed by atoms with van der Waals surface area (Å²) in [6.45, 7) is 4.61. The van der Waals surface area contributed by atoms with E-state index in [4.69, 9.17) is 4.74 Å². The summed E-state index contributed by atoms with van der Waals surface area (Å²) in [7, 11) is 2.21. The molecule has 4 rings (SSSR count). The van der Waals surface area contributed by atoms with Crippen molar-refractivity contribution < 1.29 is 9.53 Å². The van der Waals surface area contributed by atoms with Crippen LogP contribution in [0.15, 0.2) is 24.3 Å². The summed E-state index contributed by atoms with van der Waals surface area (Å²) in [5.41, 5.74) is 0.491. The SMILES string of the molecule is CN1CCC(N2CCCC3(CC2)CC(=O)c2ccccc2O3)CC1. The summed E-state index contributed by atoms with van der Waals surface area (Å²) in [6, 6.07) is 8.45. The molecule has 0 aromatic heterocycles. The van der Waals surface area contributed by atoms with Crippen LogP contribution in [0.1, 0.15) is 48.9 Å². The molecule has 1 unspecified atom stereocenters. The lowest BCUT2D eigenvalue weighted by molar-refractivity contribution is 0.0278. The number of rotatable bonds is 1. The smallest absolute Gasteiger partial charge is 0.170 e. The van der Waals surface area contributed by atoms with Crippen LogP contribution >= 0.6 is 0 Å². The Labute approximate surface area is 144 Å². The van der Waals surface area contributed by atoms with Crippen LogP contribution in [0.3, 0.4) is 0 Å². The van der Waals surface area contributed by atoms with Gasteiger partial charge >= 0.3 is 0 Å². The molecule has 3 aliphatic rings. The van der Waals surface area contributed by atoms with Crippen LogP contribution in [0.2, 0.25) is 0 Å². The summed E-state index contributed by atoms with van der Waals surface area (Å²) in [5, 5.41) is 0. The number of benzene rings is 1. The number of carbonyl (C=O) groups is 1. The standard InChI is InChI=1S/C20H28N2O2/c1-21-12-7-16(8-13-21)22-11-4-9-20(10-14-22)15-18(23)17-5-2-3-6-19(17)24-20/h2-3,5-6,16H,4,7-15H2,1H3. The van der Waals surface area contributed by atoms with Crippen molar-refractivity contribution in [3.8, 4) is 5.75 Å². The predicted molar refractivity (Wildman–Crippen MR) is 94.7 cm³/mol. The lowest BCUT2D eigenvalue weighted by Gasteiger charge is -2.39. The molecule has 4 nitrogen and oxygen atoms in total. The van der Waals surface area contributed by atoms with Crippen LogP contribution in [0.5, 0.6) is 5.75 Å². The third kappa shape index (κ3) is 3.09. The van der Waals surface area contributed by atoms with Crippen LogP contribution in [-0.2, 0) is 0 Å². The first kappa shape index (κ1) is 16.1. The first-order valence-corrected chi connectivity index (χ1v) is 9.39. The van der Waals surface area contributed by atoms with Gasteiger partial charge in [-0.1, -0.05) is 12.1 Å². The van der Waals surface area contributed by atoms with E-state index >= 15 is 0 Å². The van der Waals surface area contributed by atoms with E-state index in [0.717, 1.165) is 43.7 Å². The van der Waals surface area contributed by atoms with Crippen LogP contribution in [0.25, 0.3) is 0 Å². The van der Waals surface area contributed by atoms with E-state index in [1.54, 1.807) is 0 Å². The van der Waals surface area contributed by atoms with Gasteiger partial charge in [0.05, 0.1) is 12.0 Å². The molecule has 1 aromatic rings. The molecule has 2 fully saturated rings. The second-order valence-electron chi connectivity index (χ2n) is 7.81. The van der Waals surface area contributed by atoms with Crippen LogP contribution in [0.4, 0.5) is 0 Å². The highest BCUT2D eigenvalue weighted by atomic mass is 16.5. The van der Waals surface area contributed by atoms with E-state index in [-0.39, 0.29) is 11.4 Å². The quantitative estimate of drug-likeness (QED) is 0.793. The number of hydrogen-bond acceptors (Lipinski definition) is 4. The zero-order chi connectivity index (χ0) is 16.6. The molecule has 3 heterocycles. The number of carbonyl (C=O) groups excluding carboxylic acids is 1. The van der Waals surface area contributed by atoms with Crippen LogP contribution in [-0.4, -0.2) is 60.5 Å². The molecule has 2 saturated heterocycles. The number of fused-ring (bicyclic) bond motifs is 1. The van der Waals surface area contributed by atoms with Gasteiger partial charge in [-0.25, -0.2) is 0 Å². The second-order valence-corrected chi connectivity index (χ2v) is 7.81. The molecule has 1 atom stereocenters. The van der Waals surface area contributed by atoms with E-state index < -0.39 is 0 Å². The molecule has 1 aromatic carbocycles. The number of likely N-dealkylation sites (tertiary alicyclic amines) is 2. The second kappa shape index (κ2) is 6.49. The Hall–Kier alpha value is -1.39. The van der Waals surface area contributed by atoms with E-state index in [2.05, 4.69) is 16.8 Å². The maximum Gasteiger partial charge on any atom is 0.170 e. The highest BCUT2D eigenvalue weighted by molar-refractivity contribution is 6.00. The van der Waals surface area contributed by atoms with Gasteiger partial charge in [-0.05, 0) is 64.5 Å².